The number of hydrogen-bond donors (Lipinski definition) is 0. The van der Waals surface area contributed by atoms with Gasteiger partial charge in [-0.1, -0.05) is 0 Å². The first kappa shape index (κ1) is 16.0. The molecule has 2 aromatic heterocycles. The number of thiophene rings is 1. The van der Waals surface area contributed by atoms with Crippen LogP contribution in [-0.4, -0.2) is 53.1 Å². The molecule has 22 heavy (non-hydrogen) atoms. The Morgan fingerprint density at radius 1 is 1.32 bits per heavy atom. The molecule has 0 N–H and O–H groups in total. The van der Waals surface area contributed by atoms with Crippen LogP contribution in [-0.2, 0) is 6.54 Å². The molecule has 0 spiro atoms. The maximum atomic E-state index is 12.6. The highest BCUT2D eigenvalue weighted by Gasteiger charge is 2.21. The highest BCUT2D eigenvalue weighted by atomic mass is 32.2. The maximum absolute atomic E-state index is 12.6. The highest BCUT2D eigenvalue weighted by molar-refractivity contribution is 8.00. The number of nitrogens with zero attached hydrogens (tertiary/aromatic N) is 3. The molecule has 0 aromatic carbocycles. The summed E-state index contributed by atoms with van der Waals surface area (Å²) < 4.78 is 1.20. The summed E-state index contributed by atoms with van der Waals surface area (Å²) in [5, 5.41) is 3.17. The van der Waals surface area contributed by atoms with Crippen LogP contribution in [0, 0.1) is 0 Å². The van der Waals surface area contributed by atoms with Crippen molar-refractivity contribution in [2.24, 2.45) is 0 Å². The van der Waals surface area contributed by atoms with Crippen molar-refractivity contribution in [2.45, 2.75) is 17.2 Å². The minimum atomic E-state index is 0.182. The lowest BCUT2D eigenvalue weighted by atomic mass is 10.3. The fraction of sp³-hybridized carbons (Fsp3) is 0.467. The summed E-state index contributed by atoms with van der Waals surface area (Å²) in [4.78, 5) is 22.2. The van der Waals surface area contributed by atoms with Crippen molar-refractivity contribution in [2.75, 3.05) is 32.4 Å². The van der Waals surface area contributed by atoms with Gasteiger partial charge in [0.25, 0.3) is 5.91 Å². The van der Waals surface area contributed by atoms with E-state index < -0.39 is 0 Å². The van der Waals surface area contributed by atoms with E-state index in [1.54, 1.807) is 34.4 Å². The summed E-state index contributed by atoms with van der Waals surface area (Å²) in [6.45, 7) is 4.50. The normalized spacial score (nSPS) is 16.7. The van der Waals surface area contributed by atoms with Gasteiger partial charge in [0.1, 0.15) is 5.01 Å². The Kier molecular flexibility index (Phi) is 5.51. The largest absolute Gasteiger partial charge is 0.337 e. The number of amides is 1. The van der Waals surface area contributed by atoms with Gasteiger partial charge in [0, 0.05) is 37.8 Å². The fourth-order valence-corrected chi connectivity index (χ4v) is 4.72. The molecule has 1 aliphatic rings. The number of thiazole rings is 1. The van der Waals surface area contributed by atoms with E-state index in [9.17, 15) is 4.79 Å². The third-order valence-corrected chi connectivity index (χ3v) is 6.63. The predicted octanol–water partition coefficient (Wildman–Crippen LogP) is 3.27. The molecule has 7 heteroatoms. The zero-order valence-electron chi connectivity index (χ0n) is 12.5. The molecule has 0 bridgehead atoms. The first-order valence-electron chi connectivity index (χ1n) is 7.30. The van der Waals surface area contributed by atoms with Gasteiger partial charge in [-0.2, -0.15) is 0 Å². The topological polar surface area (TPSA) is 36.4 Å². The predicted molar refractivity (Wildman–Crippen MR) is 94.0 cm³/mol. The van der Waals surface area contributed by atoms with E-state index >= 15 is 0 Å². The molecule has 1 aliphatic heterocycles. The molecular formula is C15H19N3OS3. The summed E-state index contributed by atoms with van der Waals surface area (Å²) in [5.74, 6) is 0.182. The van der Waals surface area contributed by atoms with Gasteiger partial charge < -0.3 is 4.90 Å². The van der Waals surface area contributed by atoms with Gasteiger partial charge in [0.05, 0.1) is 15.6 Å². The van der Waals surface area contributed by atoms with Gasteiger partial charge in [-0.15, -0.1) is 34.4 Å². The standard InChI is InChI=1S/C15H19N3OS3/c1-20-14-4-3-12(22-14)15(19)18-7-2-6-17(8-9-18)11-13-16-5-10-21-13/h3-5,10H,2,6-9,11H2,1H3. The monoisotopic (exact) mass is 353 g/mol. The van der Waals surface area contributed by atoms with Crippen molar-refractivity contribution in [1.82, 2.24) is 14.8 Å². The molecule has 0 radical (unpaired) electrons. The van der Waals surface area contributed by atoms with Gasteiger partial charge in [-0.3, -0.25) is 9.69 Å². The maximum Gasteiger partial charge on any atom is 0.264 e. The second-order valence-electron chi connectivity index (χ2n) is 5.17. The fourth-order valence-electron chi connectivity index (χ4n) is 2.56. The molecule has 1 fully saturated rings. The van der Waals surface area contributed by atoms with E-state index in [-0.39, 0.29) is 5.91 Å². The van der Waals surface area contributed by atoms with E-state index in [2.05, 4.69) is 9.88 Å². The molecule has 118 valence electrons. The van der Waals surface area contributed by atoms with E-state index in [1.807, 2.05) is 34.9 Å². The SMILES string of the molecule is CSc1ccc(C(=O)N2CCCN(Cc3nccs3)CC2)s1. The van der Waals surface area contributed by atoms with Crippen LogP contribution < -0.4 is 0 Å². The minimum absolute atomic E-state index is 0.182. The van der Waals surface area contributed by atoms with E-state index in [1.165, 1.54) is 4.21 Å². The van der Waals surface area contributed by atoms with Crippen LogP contribution in [0.1, 0.15) is 21.1 Å². The quantitative estimate of drug-likeness (QED) is 0.791. The summed E-state index contributed by atoms with van der Waals surface area (Å²) in [5.41, 5.74) is 0. The number of aromatic nitrogens is 1. The van der Waals surface area contributed by atoms with Crippen molar-refractivity contribution >= 4 is 40.3 Å². The van der Waals surface area contributed by atoms with Crippen molar-refractivity contribution in [3.05, 3.63) is 33.6 Å². The van der Waals surface area contributed by atoms with Crippen molar-refractivity contribution in [3.63, 3.8) is 0 Å². The van der Waals surface area contributed by atoms with Crippen LogP contribution in [0.3, 0.4) is 0 Å². The average Bonchev–Trinajstić information content (AvgIpc) is 3.15. The second kappa shape index (κ2) is 7.59. The third kappa shape index (κ3) is 3.90. The molecule has 2 aromatic rings. The Morgan fingerprint density at radius 2 is 2.23 bits per heavy atom. The summed E-state index contributed by atoms with van der Waals surface area (Å²) in [7, 11) is 0. The molecule has 3 heterocycles. The van der Waals surface area contributed by atoms with Gasteiger partial charge >= 0.3 is 0 Å². The molecule has 1 saturated heterocycles. The first-order chi connectivity index (χ1) is 10.8. The molecule has 3 rings (SSSR count). The van der Waals surface area contributed by atoms with Gasteiger partial charge in [0.2, 0.25) is 0 Å². The zero-order chi connectivity index (χ0) is 15.4. The van der Waals surface area contributed by atoms with Crippen LogP contribution in [0.15, 0.2) is 27.9 Å². The van der Waals surface area contributed by atoms with E-state index in [0.29, 0.717) is 0 Å². The number of hydrogen-bond acceptors (Lipinski definition) is 6. The Hall–Kier alpha value is -0.890. The zero-order valence-corrected chi connectivity index (χ0v) is 15.0. The van der Waals surface area contributed by atoms with Crippen molar-refractivity contribution < 1.29 is 4.79 Å². The van der Waals surface area contributed by atoms with Crippen molar-refractivity contribution in [3.8, 4) is 0 Å². The summed E-state index contributed by atoms with van der Waals surface area (Å²) in [6.07, 6.45) is 4.92. The van der Waals surface area contributed by atoms with Crippen LogP contribution in [0.5, 0.6) is 0 Å². The first-order valence-corrected chi connectivity index (χ1v) is 10.2. The number of carbonyl (C=O) groups excluding carboxylic acids is 1. The van der Waals surface area contributed by atoms with Crippen molar-refractivity contribution in [1.29, 1.82) is 0 Å². The minimum Gasteiger partial charge on any atom is -0.337 e. The van der Waals surface area contributed by atoms with Gasteiger partial charge in [-0.05, 0) is 24.8 Å². The van der Waals surface area contributed by atoms with Gasteiger partial charge in [-0.25, -0.2) is 4.98 Å². The van der Waals surface area contributed by atoms with Crippen LogP contribution in [0.25, 0.3) is 0 Å². The smallest absolute Gasteiger partial charge is 0.264 e. The number of rotatable bonds is 4. The van der Waals surface area contributed by atoms with Crippen LogP contribution in [0.2, 0.25) is 0 Å². The Morgan fingerprint density at radius 3 is 2.95 bits per heavy atom. The summed E-state index contributed by atoms with van der Waals surface area (Å²) in [6, 6.07) is 3.99. The molecule has 0 unspecified atom stereocenters. The molecule has 1 amide bonds. The second-order valence-corrected chi connectivity index (χ2v) is 8.34. The van der Waals surface area contributed by atoms with Crippen LogP contribution in [0.4, 0.5) is 0 Å². The Labute approximate surface area is 143 Å². The lowest BCUT2D eigenvalue weighted by molar-refractivity contribution is 0.0766. The molecule has 4 nitrogen and oxygen atoms in total. The van der Waals surface area contributed by atoms with E-state index in [0.717, 1.165) is 49.0 Å². The summed E-state index contributed by atoms with van der Waals surface area (Å²) >= 11 is 4.99. The number of thioether (sulfide) groups is 1. The lowest BCUT2D eigenvalue weighted by Gasteiger charge is -2.21. The number of carbonyl (C=O) groups is 1. The average molecular weight is 354 g/mol. The van der Waals surface area contributed by atoms with E-state index in [4.69, 9.17) is 0 Å². The molecule has 0 atom stereocenters. The van der Waals surface area contributed by atoms with Gasteiger partial charge in [0.15, 0.2) is 0 Å². The molecule has 0 aliphatic carbocycles. The Bertz CT molecular complexity index is 611. The molecular weight excluding hydrogens is 334 g/mol. The lowest BCUT2D eigenvalue weighted by Crippen LogP contribution is -2.34. The molecule has 0 saturated carbocycles. The van der Waals surface area contributed by atoms with Crippen LogP contribution >= 0.6 is 34.4 Å². The Balaban J connectivity index is 1.58. The highest BCUT2D eigenvalue weighted by Crippen LogP contribution is 2.26. The third-order valence-electron chi connectivity index (χ3n) is 3.71.